The molecule has 31 heavy (non-hydrogen) atoms. The first-order valence-corrected chi connectivity index (χ1v) is 13.1. The van der Waals surface area contributed by atoms with Crippen LogP contribution in [0.3, 0.4) is 0 Å². The molecule has 1 saturated carbocycles. The Morgan fingerprint density at radius 2 is 1.74 bits per heavy atom. The topological polar surface area (TPSA) is 61.9 Å². The van der Waals surface area contributed by atoms with Gasteiger partial charge in [0.25, 0.3) is 0 Å². The van der Waals surface area contributed by atoms with E-state index in [1.807, 2.05) is 6.08 Å². The highest BCUT2D eigenvalue weighted by Gasteiger charge is 2.30. The average molecular weight is 472 g/mol. The molecule has 0 aliphatic heterocycles. The van der Waals surface area contributed by atoms with Crippen molar-refractivity contribution in [3.8, 4) is 0 Å². The molecule has 1 N–H and O–H groups in total. The molecule has 0 bridgehead atoms. The zero-order valence-corrected chi connectivity index (χ0v) is 20.5. The number of nitrogens with zero attached hydrogens (tertiary/aromatic N) is 2. The number of rotatable bonds is 14. The predicted molar refractivity (Wildman–Crippen MR) is 130 cm³/mol. The molecule has 8 heteroatoms. The molecule has 0 amide bonds. The standard InChI is InChI=1S/C23H38ClN3O3S/c1-4-17-26(2)18-7-5-6-8-19-30-23-15-13-22(14-16-23)27(3)31(28,29)25-21-11-9-20(24)10-12-21/h4,9-12,22-23,25H,1,5-8,13-19H2,2-3H3. The quantitative estimate of drug-likeness (QED) is 0.308. The van der Waals surface area contributed by atoms with Gasteiger partial charge in [0, 0.05) is 37.0 Å². The zero-order valence-electron chi connectivity index (χ0n) is 18.9. The van der Waals surface area contributed by atoms with Crippen LogP contribution < -0.4 is 4.72 Å². The summed E-state index contributed by atoms with van der Waals surface area (Å²) in [5.41, 5.74) is 0.514. The number of benzene rings is 1. The van der Waals surface area contributed by atoms with Gasteiger partial charge in [-0.15, -0.1) is 6.58 Å². The maximum absolute atomic E-state index is 12.7. The third-order valence-corrected chi connectivity index (χ3v) is 7.66. The van der Waals surface area contributed by atoms with Gasteiger partial charge in [0.2, 0.25) is 0 Å². The lowest BCUT2D eigenvalue weighted by atomic mass is 9.93. The van der Waals surface area contributed by atoms with Crippen LogP contribution in [0.4, 0.5) is 5.69 Å². The summed E-state index contributed by atoms with van der Waals surface area (Å²) in [7, 11) is 0.179. The second-order valence-electron chi connectivity index (χ2n) is 8.40. The van der Waals surface area contributed by atoms with Crippen molar-refractivity contribution in [2.45, 2.75) is 63.5 Å². The molecule has 0 unspecified atom stereocenters. The van der Waals surface area contributed by atoms with Crippen molar-refractivity contribution in [1.29, 1.82) is 0 Å². The molecule has 1 aliphatic rings. The van der Waals surface area contributed by atoms with Gasteiger partial charge >= 0.3 is 10.2 Å². The van der Waals surface area contributed by atoms with Crippen LogP contribution in [-0.2, 0) is 14.9 Å². The van der Waals surface area contributed by atoms with E-state index in [9.17, 15) is 8.42 Å². The minimum Gasteiger partial charge on any atom is -0.378 e. The highest BCUT2D eigenvalue weighted by molar-refractivity contribution is 7.90. The summed E-state index contributed by atoms with van der Waals surface area (Å²) in [6, 6.07) is 6.67. The molecule has 176 valence electrons. The van der Waals surface area contributed by atoms with Gasteiger partial charge in [-0.1, -0.05) is 30.5 Å². The summed E-state index contributed by atoms with van der Waals surface area (Å²) in [4.78, 5) is 2.28. The lowest BCUT2D eigenvalue weighted by molar-refractivity contribution is 0.0157. The van der Waals surface area contributed by atoms with Crippen molar-refractivity contribution < 1.29 is 13.2 Å². The highest BCUT2D eigenvalue weighted by Crippen LogP contribution is 2.27. The van der Waals surface area contributed by atoms with Crippen molar-refractivity contribution in [3.63, 3.8) is 0 Å². The minimum absolute atomic E-state index is 0.00259. The number of nitrogens with one attached hydrogen (secondary N) is 1. The summed E-state index contributed by atoms with van der Waals surface area (Å²) in [5.74, 6) is 0. The predicted octanol–water partition coefficient (Wildman–Crippen LogP) is 4.93. The summed E-state index contributed by atoms with van der Waals surface area (Å²) >= 11 is 5.87. The fourth-order valence-corrected chi connectivity index (χ4v) is 5.22. The van der Waals surface area contributed by atoms with Gasteiger partial charge in [-0.05, 0) is 76.4 Å². The van der Waals surface area contributed by atoms with Crippen molar-refractivity contribution in [1.82, 2.24) is 9.21 Å². The van der Waals surface area contributed by atoms with Gasteiger partial charge in [0.15, 0.2) is 0 Å². The van der Waals surface area contributed by atoms with Crippen molar-refractivity contribution >= 4 is 27.5 Å². The molecule has 1 aliphatic carbocycles. The lowest BCUT2D eigenvalue weighted by Crippen LogP contribution is -2.43. The number of halogens is 1. The lowest BCUT2D eigenvalue weighted by Gasteiger charge is -2.34. The number of hydrogen-bond donors (Lipinski definition) is 1. The van der Waals surface area contributed by atoms with Crippen LogP contribution >= 0.6 is 11.6 Å². The Hall–Kier alpha value is -1.12. The molecule has 0 radical (unpaired) electrons. The van der Waals surface area contributed by atoms with Crippen LogP contribution in [0, 0.1) is 0 Å². The Balaban J connectivity index is 1.62. The molecule has 0 heterocycles. The Morgan fingerprint density at radius 1 is 1.10 bits per heavy atom. The number of likely N-dealkylation sites (N-methyl/N-ethyl adjacent to an activating group) is 1. The molecule has 0 aromatic heterocycles. The maximum atomic E-state index is 12.7. The maximum Gasteiger partial charge on any atom is 0.301 e. The van der Waals surface area contributed by atoms with Crippen LogP contribution in [0.25, 0.3) is 0 Å². The van der Waals surface area contributed by atoms with Crippen LogP contribution in [0.1, 0.15) is 51.4 Å². The molecule has 1 fully saturated rings. The largest absolute Gasteiger partial charge is 0.378 e. The monoisotopic (exact) mass is 471 g/mol. The molecular weight excluding hydrogens is 434 g/mol. The third-order valence-electron chi connectivity index (χ3n) is 5.86. The van der Waals surface area contributed by atoms with E-state index in [1.54, 1.807) is 31.3 Å². The number of unbranched alkanes of at least 4 members (excludes halogenated alkanes) is 3. The van der Waals surface area contributed by atoms with Crippen molar-refractivity contribution in [2.75, 3.05) is 38.5 Å². The molecule has 6 nitrogen and oxygen atoms in total. The van der Waals surface area contributed by atoms with Crippen LogP contribution in [0.2, 0.25) is 5.02 Å². The first kappa shape index (κ1) is 26.1. The van der Waals surface area contributed by atoms with Gasteiger partial charge in [-0.3, -0.25) is 4.72 Å². The summed E-state index contributed by atoms with van der Waals surface area (Å²) < 4.78 is 35.5. The summed E-state index contributed by atoms with van der Waals surface area (Å²) in [6.07, 6.45) is 10.3. The number of anilines is 1. The van der Waals surface area contributed by atoms with E-state index in [1.165, 1.54) is 23.6 Å². The minimum atomic E-state index is -3.59. The van der Waals surface area contributed by atoms with E-state index in [-0.39, 0.29) is 12.1 Å². The van der Waals surface area contributed by atoms with E-state index >= 15 is 0 Å². The van der Waals surface area contributed by atoms with Crippen LogP contribution in [-0.4, -0.2) is 63.6 Å². The fraction of sp³-hybridized carbons (Fsp3) is 0.652. The molecule has 1 aromatic rings. The van der Waals surface area contributed by atoms with Crippen molar-refractivity contribution in [2.24, 2.45) is 0 Å². The fourth-order valence-electron chi connectivity index (χ4n) is 3.91. The van der Waals surface area contributed by atoms with E-state index < -0.39 is 10.2 Å². The Morgan fingerprint density at radius 3 is 2.39 bits per heavy atom. The van der Waals surface area contributed by atoms with E-state index in [4.69, 9.17) is 16.3 Å². The average Bonchev–Trinajstić information content (AvgIpc) is 2.74. The zero-order chi connectivity index (χ0) is 22.7. The normalized spacial score (nSPS) is 19.6. The van der Waals surface area contributed by atoms with Gasteiger partial charge < -0.3 is 9.64 Å². The second kappa shape index (κ2) is 13.4. The van der Waals surface area contributed by atoms with Crippen molar-refractivity contribution in [3.05, 3.63) is 41.9 Å². The molecule has 0 atom stereocenters. The number of ether oxygens (including phenoxy) is 1. The SMILES string of the molecule is C=CCN(C)CCCCCCOC1CCC(N(C)S(=O)(=O)Nc2ccc(Cl)cc2)CC1. The second-order valence-corrected chi connectivity index (χ2v) is 10.6. The Kier molecular flexibility index (Phi) is 11.3. The van der Waals surface area contributed by atoms with Crippen LogP contribution in [0.5, 0.6) is 0 Å². The molecule has 0 saturated heterocycles. The first-order chi connectivity index (χ1) is 14.8. The Bertz CT molecular complexity index is 750. The number of hydrogen-bond acceptors (Lipinski definition) is 4. The van der Waals surface area contributed by atoms with E-state index in [2.05, 4.69) is 23.2 Å². The summed E-state index contributed by atoms with van der Waals surface area (Å²) in [5, 5.41) is 0.575. The third kappa shape index (κ3) is 9.49. The van der Waals surface area contributed by atoms with Gasteiger partial charge in [0.05, 0.1) is 6.10 Å². The molecule has 1 aromatic carbocycles. The van der Waals surface area contributed by atoms with Crippen LogP contribution in [0.15, 0.2) is 36.9 Å². The molecular formula is C23H38ClN3O3S. The van der Waals surface area contributed by atoms with E-state index in [0.717, 1.165) is 51.8 Å². The van der Waals surface area contributed by atoms with Gasteiger partial charge in [0.1, 0.15) is 0 Å². The molecule has 0 spiro atoms. The van der Waals surface area contributed by atoms with Gasteiger partial charge in [-0.25, -0.2) is 0 Å². The highest BCUT2D eigenvalue weighted by atomic mass is 35.5. The smallest absolute Gasteiger partial charge is 0.301 e. The van der Waals surface area contributed by atoms with Gasteiger partial charge in [-0.2, -0.15) is 12.7 Å². The molecule has 2 rings (SSSR count). The van der Waals surface area contributed by atoms with E-state index in [0.29, 0.717) is 10.7 Å². The summed E-state index contributed by atoms with van der Waals surface area (Å²) in [6.45, 7) is 6.61. The Labute approximate surface area is 193 Å². The first-order valence-electron chi connectivity index (χ1n) is 11.2.